The third kappa shape index (κ3) is 16.3. The molecule has 14 N–H and O–H groups in total. The number of carbonyl (C=O) groups is 10. The largest absolute Gasteiger partial charge is 0.480 e. The van der Waals surface area contributed by atoms with Crippen LogP contribution < -0.4 is 49.1 Å². The maximum absolute atomic E-state index is 14.0. The lowest BCUT2D eigenvalue weighted by molar-refractivity contribution is -0.144. The Labute approximate surface area is 346 Å². The minimum atomic E-state index is -1.65. The molecular weight excluding hydrogens is 805 g/mol. The van der Waals surface area contributed by atoms with E-state index in [1.165, 1.54) is 4.90 Å². The first kappa shape index (κ1) is 51.3. The highest BCUT2D eigenvalue weighted by atomic mass is 32.1. The number of carbonyl (C=O) groups excluding carboxylic acids is 9. The molecule has 1 heterocycles. The average molecular weight is 863 g/mol. The van der Waals surface area contributed by atoms with Crippen molar-refractivity contribution in [2.45, 2.75) is 115 Å². The molecule has 1 aliphatic rings. The quantitative estimate of drug-likeness (QED) is 0.0383. The zero-order valence-corrected chi connectivity index (χ0v) is 34.7. The predicted octanol–water partition coefficient (Wildman–Crippen LogP) is -5.01. The second kappa shape index (κ2) is 24.9. The van der Waals surface area contributed by atoms with Crippen LogP contribution in [0.15, 0.2) is 0 Å². The summed E-state index contributed by atoms with van der Waals surface area (Å²) in [5.74, 6) is -10.6. The molecule has 58 heavy (non-hydrogen) atoms. The maximum Gasteiger partial charge on any atom is 0.328 e. The summed E-state index contributed by atoms with van der Waals surface area (Å²) in [5.41, 5.74) is 16.2. The van der Waals surface area contributed by atoms with Gasteiger partial charge in [0.05, 0.1) is 25.5 Å². The lowest BCUT2D eigenvalue weighted by Crippen LogP contribution is -2.61. The molecule has 0 radical (unpaired) electrons. The van der Waals surface area contributed by atoms with Gasteiger partial charge in [0, 0.05) is 18.1 Å². The summed E-state index contributed by atoms with van der Waals surface area (Å²) in [6.45, 7) is 6.10. The molecule has 1 rings (SSSR count). The van der Waals surface area contributed by atoms with Gasteiger partial charge in [0.1, 0.15) is 42.3 Å². The first-order chi connectivity index (χ1) is 27.1. The number of hydrogen-bond acceptors (Lipinski definition) is 14. The van der Waals surface area contributed by atoms with Crippen molar-refractivity contribution in [3.63, 3.8) is 0 Å². The van der Waals surface area contributed by atoms with Crippen molar-refractivity contribution in [3.05, 3.63) is 0 Å². The highest BCUT2D eigenvalue weighted by Gasteiger charge is 2.41. The standard InChI is InChI=1S/C34H58N10O12S2/c1-5-16(4)26(33(54)44-8-6-7-23(44)32(53)42-22(14-58)31(52)40-20(12-45)34(55)56)43-29(50)19(11-25(37)47)39-30(51)21(13-57)41-28(49)18(9-15(2)3)38-27(48)17(35)10-24(36)46/h15-23,26,45,57-58H,5-14,35H2,1-4H3,(H2,36,46)(H2,37,47)(H,38,48)(H,39,51)(H,40,52)(H,41,49)(H,42,53)(H,43,50)(H,55,56)/t16-,17-,18-,19-,20-,21-,22-,23-,26-/m0/s1. The normalized spacial score (nSPS) is 17.9. The molecular formula is C34H58N10O12S2. The number of aliphatic carboxylic acids is 1. The van der Waals surface area contributed by atoms with Gasteiger partial charge in [-0.2, -0.15) is 25.3 Å². The summed E-state index contributed by atoms with van der Waals surface area (Å²) < 4.78 is 0. The highest BCUT2D eigenvalue weighted by Crippen LogP contribution is 2.22. The third-order valence-electron chi connectivity index (χ3n) is 9.18. The number of rotatable bonds is 25. The fraction of sp³-hybridized carbons (Fsp3) is 0.706. The smallest absolute Gasteiger partial charge is 0.328 e. The molecule has 0 aromatic carbocycles. The van der Waals surface area contributed by atoms with Gasteiger partial charge in [0.2, 0.25) is 53.2 Å². The Kier molecular flexibility index (Phi) is 22.1. The average Bonchev–Trinajstić information content (AvgIpc) is 3.65. The summed E-state index contributed by atoms with van der Waals surface area (Å²) in [6, 6.07) is -11.0. The summed E-state index contributed by atoms with van der Waals surface area (Å²) in [6.07, 6.45) is -0.216. The first-order valence-corrected chi connectivity index (χ1v) is 19.9. The Hall–Kier alpha value is -4.68. The number of nitrogens with one attached hydrogen (secondary N) is 6. The van der Waals surface area contributed by atoms with Crippen LogP contribution in [0.3, 0.4) is 0 Å². The number of nitrogens with zero attached hydrogens (tertiary/aromatic N) is 1. The van der Waals surface area contributed by atoms with Crippen molar-refractivity contribution in [2.75, 3.05) is 24.7 Å². The van der Waals surface area contributed by atoms with Crippen molar-refractivity contribution >= 4 is 84.4 Å². The molecule has 24 heteroatoms. The third-order valence-corrected chi connectivity index (χ3v) is 9.91. The summed E-state index contributed by atoms with van der Waals surface area (Å²) in [4.78, 5) is 129. The predicted molar refractivity (Wildman–Crippen MR) is 213 cm³/mol. The van der Waals surface area contributed by atoms with Crippen LogP contribution in [-0.4, -0.2) is 147 Å². The molecule has 0 spiro atoms. The van der Waals surface area contributed by atoms with Gasteiger partial charge < -0.3 is 64.2 Å². The first-order valence-electron chi connectivity index (χ1n) is 18.6. The summed E-state index contributed by atoms with van der Waals surface area (Å²) >= 11 is 8.21. The Morgan fingerprint density at radius 2 is 1.19 bits per heavy atom. The number of carboxylic acids is 1. The van der Waals surface area contributed by atoms with Crippen molar-refractivity contribution < 1.29 is 58.2 Å². The SMILES string of the molecule is CC[C@H](C)[C@H](NC(=O)[C@H](CC(N)=O)NC(=O)[C@H](CS)NC(=O)[C@H](CC(C)C)NC(=O)[C@@H](N)CC(N)=O)C(=O)N1CCC[C@H]1C(=O)N[C@@H](CS)C(=O)N[C@@H](CO)C(=O)O. The number of carboxylic acid groups (broad SMARTS) is 1. The van der Waals surface area contributed by atoms with Crippen LogP contribution in [-0.2, 0) is 47.9 Å². The van der Waals surface area contributed by atoms with Crippen LogP contribution in [0.5, 0.6) is 0 Å². The molecule has 328 valence electrons. The van der Waals surface area contributed by atoms with Crippen LogP contribution in [0.25, 0.3) is 0 Å². The Balaban J connectivity index is 3.22. The molecule has 9 amide bonds. The van der Waals surface area contributed by atoms with Crippen LogP contribution in [0.4, 0.5) is 0 Å². The number of primary amides is 2. The van der Waals surface area contributed by atoms with Crippen molar-refractivity contribution in [3.8, 4) is 0 Å². The molecule has 0 bridgehead atoms. The van der Waals surface area contributed by atoms with E-state index in [-0.39, 0.29) is 36.8 Å². The monoisotopic (exact) mass is 862 g/mol. The van der Waals surface area contributed by atoms with Gasteiger partial charge in [-0.3, -0.25) is 43.2 Å². The molecule has 9 atom stereocenters. The molecule has 0 aromatic rings. The highest BCUT2D eigenvalue weighted by molar-refractivity contribution is 7.80. The van der Waals surface area contributed by atoms with E-state index in [1.54, 1.807) is 27.7 Å². The molecule has 22 nitrogen and oxygen atoms in total. The number of aliphatic hydroxyl groups excluding tert-OH is 1. The molecule has 0 aliphatic carbocycles. The zero-order chi connectivity index (χ0) is 44.4. The second-order valence-electron chi connectivity index (χ2n) is 14.3. The van der Waals surface area contributed by atoms with Gasteiger partial charge >= 0.3 is 5.97 Å². The molecule has 1 saturated heterocycles. The number of amides is 9. The van der Waals surface area contributed by atoms with E-state index in [2.05, 4.69) is 57.2 Å². The Bertz CT molecular complexity index is 1520. The van der Waals surface area contributed by atoms with Crippen molar-refractivity contribution in [2.24, 2.45) is 29.0 Å². The zero-order valence-electron chi connectivity index (χ0n) is 32.9. The molecule has 1 fully saturated rings. The Morgan fingerprint density at radius 3 is 1.67 bits per heavy atom. The van der Waals surface area contributed by atoms with Gasteiger partial charge in [-0.15, -0.1) is 0 Å². The second-order valence-corrected chi connectivity index (χ2v) is 15.1. The van der Waals surface area contributed by atoms with Crippen molar-refractivity contribution in [1.82, 2.24) is 36.8 Å². The molecule has 0 saturated carbocycles. The molecule has 0 unspecified atom stereocenters. The minimum absolute atomic E-state index is 0.0865. The van der Waals surface area contributed by atoms with Gasteiger partial charge in [0.25, 0.3) is 0 Å². The lowest BCUT2D eigenvalue weighted by Gasteiger charge is -2.33. The van der Waals surface area contributed by atoms with Gasteiger partial charge in [0.15, 0.2) is 0 Å². The van der Waals surface area contributed by atoms with Crippen molar-refractivity contribution in [1.29, 1.82) is 0 Å². The van der Waals surface area contributed by atoms with E-state index >= 15 is 0 Å². The van der Waals surface area contributed by atoms with Crippen LogP contribution in [0.2, 0.25) is 0 Å². The molecule has 1 aliphatic heterocycles. The van der Waals surface area contributed by atoms with E-state index < -0.39 is 133 Å². The van der Waals surface area contributed by atoms with Gasteiger partial charge in [-0.1, -0.05) is 34.1 Å². The number of likely N-dealkylation sites (tertiary alicyclic amines) is 1. The number of thiol groups is 2. The topological polar surface area (TPSA) is 365 Å². The van der Waals surface area contributed by atoms with Crippen LogP contribution >= 0.6 is 25.3 Å². The van der Waals surface area contributed by atoms with E-state index in [9.17, 15) is 53.1 Å². The number of hydrogen-bond donors (Lipinski definition) is 13. The Morgan fingerprint density at radius 1 is 0.707 bits per heavy atom. The lowest BCUT2D eigenvalue weighted by atomic mass is 9.96. The van der Waals surface area contributed by atoms with E-state index in [4.69, 9.17) is 22.3 Å². The minimum Gasteiger partial charge on any atom is -0.480 e. The fourth-order valence-corrected chi connectivity index (χ4v) is 6.29. The van der Waals surface area contributed by atoms with Gasteiger partial charge in [-0.05, 0) is 31.1 Å². The van der Waals surface area contributed by atoms with Crippen LogP contribution in [0.1, 0.15) is 66.2 Å². The molecule has 0 aromatic heterocycles. The summed E-state index contributed by atoms with van der Waals surface area (Å²) in [7, 11) is 0. The summed E-state index contributed by atoms with van der Waals surface area (Å²) in [5, 5.41) is 32.8. The maximum atomic E-state index is 14.0. The van der Waals surface area contributed by atoms with E-state index in [1.807, 2.05) is 0 Å². The number of aliphatic hydroxyl groups is 1. The van der Waals surface area contributed by atoms with Crippen LogP contribution in [0, 0.1) is 11.8 Å². The van der Waals surface area contributed by atoms with Gasteiger partial charge in [-0.25, -0.2) is 4.79 Å². The fourth-order valence-electron chi connectivity index (χ4n) is 5.78. The van der Waals surface area contributed by atoms with E-state index in [0.29, 0.717) is 12.8 Å². The van der Waals surface area contributed by atoms with E-state index in [0.717, 1.165) is 0 Å². The number of nitrogens with two attached hydrogens (primary N) is 3.